The van der Waals surface area contributed by atoms with Crippen molar-refractivity contribution < 1.29 is 0 Å². The minimum Gasteiger partial charge on any atom is -0.340 e. The summed E-state index contributed by atoms with van der Waals surface area (Å²) in [6.07, 6.45) is 5.94. The van der Waals surface area contributed by atoms with Gasteiger partial charge >= 0.3 is 0 Å². The molecule has 6 nitrogen and oxygen atoms in total. The average molecular weight is 352 g/mol. The summed E-state index contributed by atoms with van der Waals surface area (Å²) in [6.45, 7) is 7.84. The smallest absolute Gasteiger partial charge is 0.187 e. The molecule has 0 bridgehead atoms. The Hall–Kier alpha value is -3.82. The Morgan fingerprint density at radius 2 is 1.93 bits per heavy atom. The second kappa shape index (κ2) is 5.87. The predicted molar refractivity (Wildman–Crippen MR) is 106 cm³/mol. The molecule has 3 N–H and O–H groups in total. The van der Waals surface area contributed by atoms with Crippen molar-refractivity contribution in [3.63, 3.8) is 0 Å². The Bertz CT molecular complexity index is 1190. The van der Waals surface area contributed by atoms with Crippen LogP contribution in [0.5, 0.6) is 0 Å². The maximum atomic E-state index is 7.11. The van der Waals surface area contributed by atoms with E-state index in [0.717, 1.165) is 46.1 Å². The van der Waals surface area contributed by atoms with Gasteiger partial charge in [-0.05, 0) is 35.4 Å². The lowest BCUT2D eigenvalue weighted by atomic mass is 10.1. The summed E-state index contributed by atoms with van der Waals surface area (Å²) in [5, 5.41) is 0. The van der Waals surface area contributed by atoms with E-state index in [9.17, 15) is 0 Å². The number of aromatic nitrogens is 3. The summed E-state index contributed by atoms with van der Waals surface area (Å²) in [5.41, 5.74) is 9.75. The lowest BCUT2D eigenvalue weighted by Gasteiger charge is -2.11. The van der Waals surface area contributed by atoms with E-state index in [1.54, 1.807) is 0 Å². The van der Waals surface area contributed by atoms with Crippen LogP contribution in [0, 0.1) is 6.57 Å². The Kier molecular flexibility index (Phi) is 3.35. The number of fused-ring (bicyclic) bond motifs is 5. The normalized spacial score (nSPS) is 11.7. The molecular formula is C21H16N6. The van der Waals surface area contributed by atoms with Gasteiger partial charge in [0.1, 0.15) is 0 Å². The van der Waals surface area contributed by atoms with E-state index in [0.29, 0.717) is 5.69 Å². The Morgan fingerprint density at radius 3 is 2.70 bits per heavy atom. The van der Waals surface area contributed by atoms with E-state index in [1.807, 2.05) is 42.7 Å². The van der Waals surface area contributed by atoms with Gasteiger partial charge < -0.3 is 9.99 Å². The van der Waals surface area contributed by atoms with Crippen LogP contribution in [-0.2, 0) is 6.54 Å². The zero-order valence-electron chi connectivity index (χ0n) is 14.4. The summed E-state index contributed by atoms with van der Waals surface area (Å²) in [6, 6.07) is 15.9. The van der Waals surface area contributed by atoms with Crippen molar-refractivity contribution in [3.8, 4) is 28.3 Å². The fourth-order valence-corrected chi connectivity index (χ4v) is 3.62. The molecule has 0 atom stereocenters. The lowest BCUT2D eigenvalue weighted by molar-refractivity contribution is 0.819. The molecule has 0 unspecified atom stereocenters. The molecule has 0 saturated heterocycles. The maximum Gasteiger partial charge on any atom is 0.187 e. The van der Waals surface area contributed by atoms with Crippen LogP contribution in [0.25, 0.3) is 33.2 Å². The standard InChI is InChI=1S/C21H16N6/c1-23-17-4-2-14(3-5-17)15-11-20-21-24-8-9-27(21)19-7-6-18(25-22)10-16(19)13-26(20)12-15/h2-12,25H,13,22H2. The van der Waals surface area contributed by atoms with Crippen molar-refractivity contribution >= 4 is 11.4 Å². The second-order valence-corrected chi connectivity index (χ2v) is 6.51. The van der Waals surface area contributed by atoms with Gasteiger partial charge in [-0.15, -0.1) is 0 Å². The summed E-state index contributed by atoms with van der Waals surface area (Å²) in [5.74, 6) is 6.51. The zero-order chi connectivity index (χ0) is 18.4. The number of hydrogen-bond donors (Lipinski definition) is 2. The van der Waals surface area contributed by atoms with Crippen LogP contribution in [0.4, 0.5) is 11.4 Å². The third kappa shape index (κ3) is 2.41. The molecule has 0 aliphatic carbocycles. The molecule has 4 aromatic rings. The first kappa shape index (κ1) is 15.4. The molecule has 2 aromatic carbocycles. The van der Waals surface area contributed by atoms with Crippen LogP contribution in [-0.4, -0.2) is 14.1 Å². The fraction of sp³-hybridized carbons (Fsp3) is 0.0476. The number of anilines is 1. The summed E-state index contributed by atoms with van der Waals surface area (Å²) >= 11 is 0. The molecule has 2 aromatic heterocycles. The Morgan fingerprint density at radius 1 is 1.07 bits per heavy atom. The fourth-order valence-electron chi connectivity index (χ4n) is 3.62. The first-order valence-corrected chi connectivity index (χ1v) is 8.58. The van der Waals surface area contributed by atoms with E-state index in [2.05, 4.69) is 48.8 Å². The first-order chi connectivity index (χ1) is 13.3. The molecule has 27 heavy (non-hydrogen) atoms. The number of nitrogens with one attached hydrogen (secondary N) is 1. The van der Waals surface area contributed by atoms with E-state index in [-0.39, 0.29) is 0 Å². The minimum absolute atomic E-state index is 0.644. The third-order valence-electron chi connectivity index (χ3n) is 4.94. The number of rotatable bonds is 2. The summed E-state index contributed by atoms with van der Waals surface area (Å²) in [4.78, 5) is 8.06. The number of nitrogens with two attached hydrogens (primary N) is 1. The topological polar surface area (TPSA) is 65.2 Å². The van der Waals surface area contributed by atoms with E-state index in [4.69, 9.17) is 12.4 Å². The zero-order valence-corrected chi connectivity index (χ0v) is 14.4. The van der Waals surface area contributed by atoms with Crippen molar-refractivity contribution in [2.75, 3.05) is 5.43 Å². The van der Waals surface area contributed by atoms with Crippen LogP contribution < -0.4 is 11.3 Å². The molecule has 0 amide bonds. The van der Waals surface area contributed by atoms with Crippen molar-refractivity contribution in [2.24, 2.45) is 5.84 Å². The molecule has 5 rings (SSSR count). The van der Waals surface area contributed by atoms with Crippen LogP contribution in [0.3, 0.4) is 0 Å². The van der Waals surface area contributed by atoms with Crippen LogP contribution >= 0.6 is 0 Å². The van der Waals surface area contributed by atoms with Gasteiger partial charge in [0.15, 0.2) is 11.5 Å². The number of hydrogen-bond acceptors (Lipinski definition) is 3. The summed E-state index contributed by atoms with van der Waals surface area (Å²) < 4.78 is 4.32. The quantitative estimate of drug-likeness (QED) is 0.284. The average Bonchev–Trinajstić information content (AvgIpc) is 3.33. The highest BCUT2D eigenvalue weighted by Gasteiger charge is 2.21. The summed E-state index contributed by atoms with van der Waals surface area (Å²) in [7, 11) is 0. The van der Waals surface area contributed by atoms with Gasteiger partial charge in [0.05, 0.1) is 18.0 Å². The number of hydrazine groups is 1. The number of imidazole rings is 1. The van der Waals surface area contributed by atoms with Crippen molar-refractivity contribution in [2.45, 2.75) is 6.54 Å². The van der Waals surface area contributed by atoms with Crippen LogP contribution in [0.15, 0.2) is 67.1 Å². The van der Waals surface area contributed by atoms with Crippen LogP contribution in [0.1, 0.15) is 5.56 Å². The molecule has 0 saturated carbocycles. The molecule has 6 heteroatoms. The molecule has 0 radical (unpaired) electrons. The number of benzene rings is 2. The van der Waals surface area contributed by atoms with Crippen LogP contribution in [0.2, 0.25) is 0 Å². The van der Waals surface area contributed by atoms with Gasteiger partial charge in [-0.2, -0.15) is 0 Å². The highest BCUT2D eigenvalue weighted by atomic mass is 15.2. The van der Waals surface area contributed by atoms with Gasteiger partial charge in [-0.3, -0.25) is 10.4 Å². The van der Waals surface area contributed by atoms with Gasteiger partial charge in [0.25, 0.3) is 0 Å². The van der Waals surface area contributed by atoms with Gasteiger partial charge in [-0.25, -0.2) is 9.83 Å². The van der Waals surface area contributed by atoms with Gasteiger partial charge in [-0.1, -0.05) is 24.3 Å². The molecule has 1 aliphatic heterocycles. The lowest BCUT2D eigenvalue weighted by Crippen LogP contribution is -2.08. The first-order valence-electron chi connectivity index (χ1n) is 8.58. The van der Waals surface area contributed by atoms with E-state index in [1.165, 1.54) is 0 Å². The second-order valence-electron chi connectivity index (χ2n) is 6.51. The molecule has 130 valence electrons. The minimum atomic E-state index is 0.644. The van der Waals surface area contributed by atoms with Gasteiger partial charge in [0.2, 0.25) is 0 Å². The molecular weight excluding hydrogens is 336 g/mol. The van der Waals surface area contributed by atoms with E-state index >= 15 is 0 Å². The van der Waals surface area contributed by atoms with Crippen molar-refractivity contribution in [3.05, 3.63) is 84.1 Å². The Balaban J connectivity index is 1.67. The number of nitrogens with zero attached hydrogens (tertiary/aromatic N) is 4. The molecule has 0 fully saturated rings. The maximum absolute atomic E-state index is 7.11. The highest BCUT2D eigenvalue weighted by molar-refractivity contribution is 5.73. The van der Waals surface area contributed by atoms with E-state index < -0.39 is 0 Å². The van der Waals surface area contributed by atoms with Crippen molar-refractivity contribution in [1.29, 1.82) is 0 Å². The van der Waals surface area contributed by atoms with Gasteiger partial charge in [0, 0.05) is 36.4 Å². The molecule has 1 aliphatic rings. The largest absolute Gasteiger partial charge is 0.340 e. The molecule has 3 heterocycles. The van der Waals surface area contributed by atoms with Crippen molar-refractivity contribution in [1.82, 2.24) is 14.1 Å². The molecule has 0 spiro atoms. The SMILES string of the molecule is [C-]#[N+]c1ccc(-c2cc3n(c2)Cc2cc(NN)ccc2-n2ccnc2-3)cc1. The Labute approximate surface area is 156 Å². The monoisotopic (exact) mass is 352 g/mol. The highest BCUT2D eigenvalue weighted by Crippen LogP contribution is 2.35. The third-order valence-corrected chi connectivity index (χ3v) is 4.94. The number of nitrogen functional groups attached to an aromatic ring is 1. The predicted octanol–water partition coefficient (Wildman–Crippen LogP) is 4.21.